The molecule has 1 aliphatic heterocycles. The lowest BCUT2D eigenvalue weighted by Crippen LogP contribution is -2.23. The first-order chi connectivity index (χ1) is 14.1. The SMILES string of the molecule is C#CCOc1ccc([C@@H]2CC(=O)Nc3n[nH]c(-c4ccc(Cl)cc4)c32)cc1OC. The predicted molar refractivity (Wildman–Crippen MR) is 111 cm³/mol. The van der Waals surface area contributed by atoms with Crippen molar-refractivity contribution >= 4 is 23.3 Å². The Morgan fingerprint density at radius 3 is 2.76 bits per heavy atom. The van der Waals surface area contributed by atoms with E-state index in [1.165, 1.54) is 0 Å². The first-order valence-electron chi connectivity index (χ1n) is 8.99. The number of hydrogen-bond donors (Lipinski definition) is 2. The second-order valence-corrected chi connectivity index (χ2v) is 7.01. The zero-order chi connectivity index (χ0) is 20.4. The molecule has 0 fully saturated rings. The van der Waals surface area contributed by atoms with Crippen LogP contribution in [0.3, 0.4) is 0 Å². The molecule has 2 heterocycles. The van der Waals surface area contributed by atoms with Crippen LogP contribution < -0.4 is 14.8 Å². The van der Waals surface area contributed by atoms with Gasteiger partial charge in [-0.3, -0.25) is 9.89 Å². The molecule has 7 heteroatoms. The van der Waals surface area contributed by atoms with Gasteiger partial charge in [0.25, 0.3) is 0 Å². The van der Waals surface area contributed by atoms with Crippen molar-refractivity contribution in [2.24, 2.45) is 0 Å². The molecule has 3 aromatic rings. The van der Waals surface area contributed by atoms with Gasteiger partial charge in [0.2, 0.25) is 5.91 Å². The van der Waals surface area contributed by atoms with E-state index in [4.69, 9.17) is 27.5 Å². The average molecular weight is 408 g/mol. The van der Waals surface area contributed by atoms with Gasteiger partial charge in [-0.1, -0.05) is 35.7 Å². The lowest BCUT2D eigenvalue weighted by atomic mass is 9.84. The molecule has 0 radical (unpaired) electrons. The number of ether oxygens (including phenoxy) is 2. The number of carbonyl (C=O) groups excluding carboxylic acids is 1. The third kappa shape index (κ3) is 3.65. The Morgan fingerprint density at radius 2 is 2.03 bits per heavy atom. The Hall–Kier alpha value is -3.43. The van der Waals surface area contributed by atoms with E-state index in [2.05, 4.69) is 21.4 Å². The number of rotatable bonds is 5. The molecule has 1 aromatic heterocycles. The van der Waals surface area contributed by atoms with E-state index in [0.717, 1.165) is 22.4 Å². The highest BCUT2D eigenvalue weighted by molar-refractivity contribution is 6.30. The maximum Gasteiger partial charge on any atom is 0.226 e. The number of methoxy groups -OCH3 is 1. The Kier molecular flexibility index (Phi) is 5.15. The second-order valence-electron chi connectivity index (χ2n) is 6.58. The van der Waals surface area contributed by atoms with Crippen molar-refractivity contribution in [3.8, 4) is 35.1 Å². The molecule has 2 aromatic carbocycles. The normalized spacial score (nSPS) is 15.2. The van der Waals surface area contributed by atoms with Crippen LogP contribution >= 0.6 is 11.6 Å². The highest BCUT2D eigenvalue weighted by Crippen LogP contribution is 2.43. The summed E-state index contributed by atoms with van der Waals surface area (Å²) < 4.78 is 11.0. The third-order valence-electron chi connectivity index (χ3n) is 4.83. The number of aromatic nitrogens is 2. The molecule has 6 nitrogen and oxygen atoms in total. The van der Waals surface area contributed by atoms with Gasteiger partial charge in [-0.2, -0.15) is 5.10 Å². The molecule has 1 aliphatic rings. The number of nitrogens with one attached hydrogen (secondary N) is 2. The number of H-pyrrole nitrogens is 1. The van der Waals surface area contributed by atoms with Crippen LogP contribution in [0.2, 0.25) is 5.02 Å². The molecule has 1 atom stereocenters. The second kappa shape index (κ2) is 7.90. The zero-order valence-electron chi connectivity index (χ0n) is 15.7. The Morgan fingerprint density at radius 1 is 1.24 bits per heavy atom. The summed E-state index contributed by atoms with van der Waals surface area (Å²) in [6.07, 6.45) is 5.57. The summed E-state index contributed by atoms with van der Waals surface area (Å²) in [5, 5.41) is 10.9. The first kappa shape index (κ1) is 18.9. The van der Waals surface area contributed by atoms with Crippen LogP contribution in [-0.2, 0) is 4.79 Å². The minimum Gasteiger partial charge on any atom is -0.493 e. The van der Waals surface area contributed by atoms with Gasteiger partial charge in [0.1, 0.15) is 6.61 Å². The molecule has 0 unspecified atom stereocenters. The van der Waals surface area contributed by atoms with Crippen LogP contribution in [0.1, 0.15) is 23.5 Å². The number of anilines is 1. The molecular weight excluding hydrogens is 390 g/mol. The average Bonchev–Trinajstić information content (AvgIpc) is 3.15. The minimum atomic E-state index is -0.196. The van der Waals surface area contributed by atoms with E-state index in [-0.39, 0.29) is 18.4 Å². The Bertz CT molecular complexity index is 1100. The monoisotopic (exact) mass is 407 g/mol. The maximum absolute atomic E-state index is 12.3. The van der Waals surface area contributed by atoms with E-state index in [1.54, 1.807) is 13.2 Å². The van der Waals surface area contributed by atoms with E-state index in [9.17, 15) is 4.79 Å². The van der Waals surface area contributed by atoms with Crippen molar-refractivity contribution in [2.45, 2.75) is 12.3 Å². The summed E-state index contributed by atoms with van der Waals surface area (Å²) in [5.41, 5.74) is 3.62. The van der Waals surface area contributed by atoms with Gasteiger partial charge in [-0.15, -0.1) is 6.42 Å². The number of hydrogen-bond acceptors (Lipinski definition) is 4. The smallest absolute Gasteiger partial charge is 0.226 e. The summed E-state index contributed by atoms with van der Waals surface area (Å²) in [6.45, 7) is 0.147. The van der Waals surface area contributed by atoms with Gasteiger partial charge < -0.3 is 14.8 Å². The number of benzene rings is 2. The van der Waals surface area contributed by atoms with Crippen molar-refractivity contribution in [2.75, 3.05) is 19.0 Å². The van der Waals surface area contributed by atoms with Gasteiger partial charge in [0, 0.05) is 28.5 Å². The number of carbonyl (C=O) groups is 1. The van der Waals surface area contributed by atoms with Gasteiger partial charge in [-0.05, 0) is 29.8 Å². The Balaban J connectivity index is 1.78. The van der Waals surface area contributed by atoms with Gasteiger partial charge in [0.05, 0.1) is 12.8 Å². The summed E-state index contributed by atoms with van der Waals surface area (Å²) >= 11 is 6.02. The molecule has 4 rings (SSSR count). The largest absolute Gasteiger partial charge is 0.493 e. The van der Waals surface area contributed by atoms with E-state index in [1.807, 2.05) is 36.4 Å². The lowest BCUT2D eigenvalue weighted by Gasteiger charge is -2.24. The molecule has 0 spiro atoms. The van der Waals surface area contributed by atoms with E-state index in [0.29, 0.717) is 28.8 Å². The molecule has 1 amide bonds. The lowest BCUT2D eigenvalue weighted by molar-refractivity contribution is -0.116. The highest BCUT2D eigenvalue weighted by atomic mass is 35.5. The first-order valence-corrected chi connectivity index (χ1v) is 9.36. The fourth-order valence-corrected chi connectivity index (χ4v) is 3.64. The number of halogens is 1. The van der Waals surface area contributed by atoms with E-state index >= 15 is 0 Å². The molecule has 0 saturated carbocycles. The molecular formula is C22H18ClN3O3. The molecule has 0 aliphatic carbocycles. The van der Waals surface area contributed by atoms with Crippen LogP contribution in [0.5, 0.6) is 11.5 Å². The number of terminal acetylenes is 1. The fraction of sp³-hybridized carbons (Fsp3) is 0.182. The quantitative estimate of drug-likeness (QED) is 0.621. The maximum atomic E-state index is 12.3. The van der Waals surface area contributed by atoms with Crippen LogP contribution in [0.4, 0.5) is 5.82 Å². The van der Waals surface area contributed by atoms with Gasteiger partial charge in [0.15, 0.2) is 17.3 Å². The van der Waals surface area contributed by atoms with Crippen LogP contribution in [-0.4, -0.2) is 29.8 Å². The van der Waals surface area contributed by atoms with Gasteiger partial charge >= 0.3 is 0 Å². The summed E-state index contributed by atoms with van der Waals surface area (Å²) in [5.74, 6) is 3.79. The summed E-state index contributed by atoms with van der Waals surface area (Å²) in [6, 6.07) is 13.1. The molecule has 29 heavy (non-hydrogen) atoms. The number of fused-ring (bicyclic) bond motifs is 1. The number of nitrogens with zero attached hydrogens (tertiary/aromatic N) is 1. The van der Waals surface area contributed by atoms with Crippen molar-refractivity contribution in [1.82, 2.24) is 10.2 Å². The van der Waals surface area contributed by atoms with Crippen LogP contribution in [0, 0.1) is 12.3 Å². The number of amides is 1. The van der Waals surface area contributed by atoms with Crippen molar-refractivity contribution < 1.29 is 14.3 Å². The fourth-order valence-electron chi connectivity index (χ4n) is 3.52. The van der Waals surface area contributed by atoms with Gasteiger partial charge in [-0.25, -0.2) is 0 Å². The standard InChI is InChI=1S/C22H18ClN3O3/c1-3-10-29-17-9-6-14(11-18(17)28-2)16-12-19(27)24-22-20(16)21(25-26-22)13-4-7-15(23)8-5-13/h1,4-9,11,16H,10,12H2,2H3,(H2,24,25,26,27)/t16-/m0/s1. The van der Waals surface area contributed by atoms with Crippen molar-refractivity contribution in [3.63, 3.8) is 0 Å². The molecule has 146 valence electrons. The van der Waals surface area contributed by atoms with Crippen LogP contribution in [0.25, 0.3) is 11.3 Å². The highest BCUT2D eigenvalue weighted by Gasteiger charge is 2.32. The summed E-state index contributed by atoms with van der Waals surface area (Å²) in [4.78, 5) is 12.3. The van der Waals surface area contributed by atoms with Crippen molar-refractivity contribution in [3.05, 3.63) is 58.6 Å². The topological polar surface area (TPSA) is 76.2 Å². The minimum absolute atomic E-state index is 0.0942. The molecule has 0 bridgehead atoms. The van der Waals surface area contributed by atoms with Crippen LogP contribution in [0.15, 0.2) is 42.5 Å². The summed E-state index contributed by atoms with van der Waals surface area (Å²) in [7, 11) is 1.57. The Labute approximate surface area is 173 Å². The molecule has 0 saturated heterocycles. The predicted octanol–water partition coefficient (Wildman–Crippen LogP) is 4.22. The van der Waals surface area contributed by atoms with Crippen molar-refractivity contribution in [1.29, 1.82) is 0 Å². The number of aromatic amines is 1. The van der Waals surface area contributed by atoms with E-state index < -0.39 is 0 Å². The molecule has 2 N–H and O–H groups in total. The zero-order valence-corrected chi connectivity index (χ0v) is 16.4. The third-order valence-corrected chi connectivity index (χ3v) is 5.09.